The second-order valence-electron chi connectivity index (χ2n) is 4.40. The summed E-state index contributed by atoms with van der Waals surface area (Å²) in [6.45, 7) is 0.446. The second-order valence-corrected chi connectivity index (χ2v) is 4.40. The van der Waals surface area contributed by atoms with Crippen molar-refractivity contribution in [2.45, 2.75) is 44.9 Å². The third kappa shape index (κ3) is 5.00. The number of nitrogens with one attached hydrogen (secondary N) is 1. The molecule has 0 spiro atoms. The molecule has 0 atom stereocenters. The van der Waals surface area contributed by atoms with Gasteiger partial charge in [-0.1, -0.05) is 24.4 Å². The summed E-state index contributed by atoms with van der Waals surface area (Å²) in [5.74, 6) is 0.785. The normalized spacial score (nSPS) is 18.4. The standard InChI is InChI=1S/C11H21N3O2/c12-10(14-16)6-7-13-11(15)8-9-4-2-1-3-5-9/h9,16H,1-8H2,(H2,12,14)(H,13,15). The number of amides is 1. The molecule has 0 unspecified atom stereocenters. The first-order valence-corrected chi connectivity index (χ1v) is 5.95. The van der Waals surface area contributed by atoms with Crippen molar-refractivity contribution in [3.8, 4) is 0 Å². The maximum absolute atomic E-state index is 11.5. The highest BCUT2D eigenvalue weighted by Gasteiger charge is 2.16. The van der Waals surface area contributed by atoms with Crippen LogP contribution in [0, 0.1) is 5.92 Å². The molecule has 0 aromatic heterocycles. The van der Waals surface area contributed by atoms with Gasteiger partial charge in [0.1, 0.15) is 5.84 Å². The fourth-order valence-electron chi connectivity index (χ4n) is 2.11. The van der Waals surface area contributed by atoms with Crippen molar-refractivity contribution in [2.24, 2.45) is 16.8 Å². The van der Waals surface area contributed by atoms with Gasteiger partial charge >= 0.3 is 0 Å². The van der Waals surface area contributed by atoms with E-state index in [4.69, 9.17) is 10.9 Å². The van der Waals surface area contributed by atoms with Crippen LogP contribution in [0.4, 0.5) is 0 Å². The van der Waals surface area contributed by atoms with Crippen molar-refractivity contribution >= 4 is 11.7 Å². The Morgan fingerprint density at radius 3 is 2.69 bits per heavy atom. The summed E-state index contributed by atoms with van der Waals surface area (Å²) in [5.41, 5.74) is 5.29. The van der Waals surface area contributed by atoms with Gasteiger partial charge in [0.25, 0.3) is 0 Å². The predicted molar refractivity (Wildman–Crippen MR) is 62.2 cm³/mol. The first-order valence-electron chi connectivity index (χ1n) is 5.95. The summed E-state index contributed by atoms with van der Waals surface area (Å²) < 4.78 is 0. The molecular weight excluding hydrogens is 206 g/mol. The summed E-state index contributed by atoms with van der Waals surface area (Å²) in [6.07, 6.45) is 7.18. The van der Waals surface area contributed by atoms with E-state index in [-0.39, 0.29) is 11.7 Å². The number of carbonyl (C=O) groups is 1. The van der Waals surface area contributed by atoms with Gasteiger partial charge in [-0.2, -0.15) is 0 Å². The van der Waals surface area contributed by atoms with Gasteiger partial charge < -0.3 is 16.3 Å². The van der Waals surface area contributed by atoms with Crippen LogP contribution in [-0.4, -0.2) is 23.5 Å². The first kappa shape index (κ1) is 12.8. The Balaban J connectivity index is 2.10. The number of rotatable bonds is 5. The van der Waals surface area contributed by atoms with Crippen molar-refractivity contribution < 1.29 is 10.0 Å². The van der Waals surface area contributed by atoms with Crippen molar-refractivity contribution in [2.75, 3.05) is 6.54 Å². The van der Waals surface area contributed by atoms with Gasteiger partial charge in [0.05, 0.1) is 0 Å². The maximum atomic E-state index is 11.5. The summed E-state index contributed by atoms with van der Waals surface area (Å²) in [5, 5.41) is 13.9. The molecule has 0 saturated heterocycles. The molecule has 1 amide bonds. The maximum Gasteiger partial charge on any atom is 0.220 e. The first-order chi connectivity index (χ1) is 7.72. The van der Waals surface area contributed by atoms with E-state index in [1.165, 1.54) is 32.1 Å². The predicted octanol–water partition coefficient (Wildman–Crippen LogP) is 1.21. The van der Waals surface area contributed by atoms with Crippen LogP contribution < -0.4 is 11.1 Å². The topological polar surface area (TPSA) is 87.7 Å². The third-order valence-corrected chi connectivity index (χ3v) is 3.03. The van der Waals surface area contributed by atoms with Crippen LogP contribution in [0.1, 0.15) is 44.9 Å². The number of oxime groups is 1. The van der Waals surface area contributed by atoms with Crippen molar-refractivity contribution in [3.05, 3.63) is 0 Å². The summed E-state index contributed by atoms with van der Waals surface area (Å²) in [7, 11) is 0. The average Bonchev–Trinajstić information content (AvgIpc) is 2.30. The SMILES string of the molecule is NC(CCNC(=O)CC1CCCCC1)=NO. The van der Waals surface area contributed by atoms with E-state index in [1.54, 1.807) is 0 Å². The molecule has 1 aliphatic rings. The molecule has 5 nitrogen and oxygen atoms in total. The zero-order valence-electron chi connectivity index (χ0n) is 9.61. The van der Waals surface area contributed by atoms with Crippen LogP contribution in [0.3, 0.4) is 0 Å². The molecule has 0 radical (unpaired) electrons. The van der Waals surface area contributed by atoms with E-state index < -0.39 is 0 Å². The smallest absolute Gasteiger partial charge is 0.220 e. The lowest BCUT2D eigenvalue weighted by atomic mass is 9.87. The number of nitrogens with two attached hydrogens (primary N) is 1. The van der Waals surface area contributed by atoms with Gasteiger partial charge in [0, 0.05) is 19.4 Å². The van der Waals surface area contributed by atoms with Crippen LogP contribution in [0.15, 0.2) is 5.16 Å². The molecular formula is C11H21N3O2. The number of hydrogen-bond donors (Lipinski definition) is 3. The third-order valence-electron chi connectivity index (χ3n) is 3.03. The number of carbonyl (C=O) groups excluding carboxylic acids is 1. The van der Waals surface area contributed by atoms with E-state index in [9.17, 15) is 4.79 Å². The number of hydrogen-bond acceptors (Lipinski definition) is 3. The highest BCUT2D eigenvalue weighted by molar-refractivity contribution is 5.81. The van der Waals surface area contributed by atoms with E-state index in [2.05, 4.69) is 10.5 Å². The lowest BCUT2D eigenvalue weighted by Crippen LogP contribution is -2.29. The minimum Gasteiger partial charge on any atom is -0.409 e. The van der Waals surface area contributed by atoms with Gasteiger partial charge in [-0.25, -0.2) is 0 Å². The Morgan fingerprint density at radius 2 is 2.06 bits per heavy atom. The van der Waals surface area contributed by atoms with Crippen molar-refractivity contribution in [1.29, 1.82) is 0 Å². The van der Waals surface area contributed by atoms with Crippen LogP contribution in [0.5, 0.6) is 0 Å². The molecule has 1 fully saturated rings. The van der Waals surface area contributed by atoms with E-state index in [0.29, 0.717) is 25.3 Å². The lowest BCUT2D eigenvalue weighted by molar-refractivity contribution is -0.122. The Morgan fingerprint density at radius 1 is 1.38 bits per heavy atom. The molecule has 0 aliphatic heterocycles. The highest BCUT2D eigenvalue weighted by atomic mass is 16.4. The van der Waals surface area contributed by atoms with Crippen molar-refractivity contribution in [1.82, 2.24) is 5.32 Å². The molecule has 0 aromatic carbocycles. The second kappa shape index (κ2) is 7.09. The zero-order valence-corrected chi connectivity index (χ0v) is 9.61. The minimum atomic E-state index is 0.0811. The Labute approximate surface area is 96.1 Å². The fourth-order valence-corrected chi connectivity index (χ4v) is 2.11. The summed E-state index contributed by atoms with van der Waals surface area (Å²) >= 11 is 0. The zero-order chi connectivity index (χ0) is 11.8. The van der Waals surface area contributed by atoms with Gasteiger partial charge in [-0.05, 0) is 18.8 Å². The van der Waals surface area contributed by atoms with Gasteiger partial charge in [0.2, 0.25) is 5.91 Å². The Kier molecular flexibility index (Phi) is 5.67. The van der Waals surface area contributed by atoms with E-state index >= 15 is 0 Å². The lowest BCUT2D eigenvalue weighted by Gasteiger charge is -2.20. The highest BCUT2D eigenvalue weighted by Crippen LogP contribution is 2.25. The van der Waals surface area contributed by atoms with Crippen LogP contribution in [-0.2, 0) is 4.79 Å². The van der Waals surface area contributed by atoms with Gasteiger partial charge in [-0.3, -0.25) is 4.79 Å². The molecule has 0 aromatic rings. The van der Waals surface area contributed by atoms with E-state index in [0.717, 1.165) is 0 Å². The molecule has 1 rings (SSSR count). The summed E-state index contributed by atoms with van der Waals surface area (Å²) in [6, 6.07) is 0. The van der Waals surface area contributed by atoms with Crippen LogP contribution in [0.25, 0.3) is 0 Å². The molecule has 92 valence electrons. The van der Waals surface area contributed by atoms with Crippen LogP contribution in [0.2, 0.25) is 0 Å². The monoisotopic (exact) mass is 227 g/mol. The molecule has 0 heterocycles. The molecule has 1 aliphatic carbocycles. The Hall–Kier alpha value is -1.26. The molecule has 0 bridgehead atoms. The molecule has 16 heavy (non-hydrogen) atoms. The fraction of sp³-hybridized carbons (Fsp3) is 0.818. The van der Waals surface area contributed by atoms with Gasteiger partial charge in [-0.15, -0.1) is 0 Å². The molecule has 1 saturated carbocycles. The average molecular weight is 227 g/mol. The minimum absolute atomic E-state index is 0.0811. The number of amidine groups is 1. The summed E-state index contributed by atoms with van der Waals surface area (Å²) in [4.78, 5) is 11.5. The molecule has 5 heteroatoms. The molecule has 4 N–H and O–H groups in total. The largest absolute Gasteiger partial charge is 0.409 e. The van der Waals surface area contributed by atoms with E-state index in [1.807, 2.05) is 0 Å². The van der Waals surface area contributed by atoms with Crippen molar-refractivity contribution in [3.63, 3.8) is 0 Å². The number of nitrogens with zero attached hydrogens (tertiary/aromatic N) is 1. The quantitative estimate of drug-likeness (QED) is 0.285. The Bertz CT molecular complexity index is 248. The van der Waals surface area contributed by atoms with Crippen LogP contribution >= 0.6 is 0 Å². The van der Waals surface area contributed by atoms with Gasteiger partial charge in [0.15, 0.2) is 0 Å².